The largest absolute Gasteiger partial charge is 0.381 e. The van der Waals surface area contributed by atoms with Crippen molar-refractivity contribution in [3.05, 3.63) is 59.9 Å². The molecule has 0 saturated carbocycles. The Labute approximate surface area is 110 Å². The smallest absolute Gasteiger partial charge is 0.123 e. The Morgan fingerprint density at radius 1 is 1.28 bits per heavy atom. The normalized spacial score (nSPS) is 10.4. The molecular formula is C14H13N3S. The molecule has 18 heavy (non-hydrogen) atoms. The maximum atomic E-state index is 4.32. The first kappa shape index (κ1) is 11.0. The molecule has 0 aliphatic rings. The van der Waals surface area contributed by atoms with Crippen molar-refractivity contribution in [1.82, 2.24) is 9.97 Å². The van der Waals surface area contributed by atoms with Gasteiger partial charge in [-0.3, -0.25) is 0 Å². The Morgan fingerprint density at radius 2 is 2.28 bits per heavy atom. The molecule has 0 spiro atoms. The maximum Gasteiger partial charge on any atom is 0.123 e. The van der Waals surface area contributed by atoms with Crippen LogP contribution in [0.1, 0.15) is 5.56 Å². The van der Waals surface area contributed by atoms with Crippen LogP contribution in [0.15, 0.2) is 54.3 Å². The number of hydrogen-bond acceptors (Lipinski definition) is 3. The average molecular weight is 255 g/mol. The van der Waals surface area contributed by atoms with Crippen molar-refractivity contribution < 1.29 is 0 Å². The molecule has 0 fully saturated rings. The van der Waals surface area contributed by atoms with Crippen LogP contribution in [0.3, 0.4) is 0 Å². The van der Waals surface area contributed by atoms with Crippen molar-refractivity contribution in [2.45, 2.75) is 6.54 Å². The predicted octanol–water partition coefficient (Wildman–Crippen LogP) is 3.75. The first-order valence-corrected chi connectivity index (χ1v) is 6.65. The minimum Gasteiger partial charge on any atom is -0.381 e. The van der Waals surface area contributed by atoms with Crippen molar-refractivity contribution in [1.29, 1.82) is 0 Å². The van der Waals surface area contributed by atoms with E-state index in [2.05, 4.69) is 45.6 Å². The van der Waals surface area contributed by atoms with Crippen LogP contribution in [0.4, 0.5) is 5.69 Å². The Morgan fingerprint density at radius 3 is 3.06 bits per heavy atom. The van der Waals surface area contributed by atoms with Gasteiger partial charge in [-0.25, -0.2) is 4.98 Å². The lowest BCUT2D eigenvalue weighted by Crippen LogP contribution is -1.97. The number of anilines is 1. The van der Waals surface area contributed by atoms with Crippen molar-refractivity contribution >= 4 is 17.0 Å². The number of rotatable bonds is 4. The predicted molar refractivity (Wildman–Crippen MR) is 75.7 cm³/mol. The lowest BCUT2D eigenvalue weighted by Gasteiger charge is -2.06. The van der Waals surface area contributed by atoms with Crippen LogP contribution in [0, 0.1) is 0 Å². The van der Waals surface area contributed by atoms with E-state index in [0.29, 0.717) is 0 Å². The number of aromatic nitrogens is 2. The van der Waals surface area contributed by atoms with E-state index in [0.717, 1.165) is 22.8 Å². The van der Waals surface area contributed by atoms with Crippen LogP contribution in [0.2, 0.25) is 0 Å². The molecule has 2 heterocycles. The lowest BCUT2D eigenvalue weighted by molar-refractivity contribution is 1.15. The molecule has 90 valence electrons. The van der Waals surface area contributed by atoms with Gasteiger partial charge in [-0.1, -0.05) is 12.1 Å². The lowest BCUT2D eigenvalue weighted by atomic mass is 10.2. The monoisotopic (exact) mass is 255 g/mol. The molecule has 3 nitrogen and oxygen atoms in total. The zero-order valence-corrected chi connectivity index (χ0v) is 10.6. The maximum absolute atomic E-state index is 4.32. The van der Waals surface area contributed by atoms with Gasteiger partial charge in [0.25, 0.3) is 0 Å². The first-order valence-electron chi connectivity index (χ1n) is 5.77. The summed E-state index contributed by atoms with van der Waals surface area (Å²) in [4.78, 5) is 7.37. The van der Waals surface area contributed by atoms with Gasteiger partial charge in [0.1, 0.15) is 5.01 Å². The summed E-state index contributed by atoms with van der Waals surface area (Å²) >= 11 is 1.66. The molecule has 3 rings (SSSR count). The molecule has 4 heteroatoms. The van der Waals surface area contributed by atoms with E-state index in [1.807, 2.05) is 24.0 Å². The second-order valence-corrected chi connectivity index (χ2v) is 4.89. The molecule has 0 amide bonds. The van der Waals surface area contributed by atoms with E-state index < -0.39 is 0 Å². The van der Waals surface area contributed by atoms with Gasteiger partial charge >= 0.3 is 0 Å². The highest BCUT2D eigenvalue weighted by Gasteiger charge is 2.01. The molecule has 0 aliphatic heterocycles. The quantitative estimate of drug-likeness (QED) is 0.745. The summed E-state index contributed by atoms with van der Waals surface area (Å²) in [5.41, 5.74) is 3.52. The molecule has 3 aromatic rings. The van der Waals surface area contributed by atoms with Crippen LogP contribution in [0.25, 0.3) is 10.6 Å². The standard InChI is InChI=1S/C14H13N3S/c1-2-12(14-16-6-7-18-14)8-13(3-1)17-10-11-4-5-15-9-11/h1-9,15,17H,10H2. The molecule has 0 saturated heterocycles. The Hall–Kier alpha value is -2.07. The molecular weight excluding hydrogens is 242 g/mol. The molecule has 2 aromatic heterocycles. The third kappa shape index (κ3) is 2.43. The van der Waals surface area contributed by atoms with Crippen LogP contribution in [-0.2, 0) is 6.54 Å². The highest BCUT2D eigenvalue weighted by atomic mass is 32.1. The van der Waals surface area contributed by atoms with Crippen LogP contribution < -0.4 is 5.32 Å². The molecule has 0 atom stereocenters. The SMILES string of the molecule is c1cc(NCc2cc[nH]c2)cc(-c2nccs2)c1. The van der Waals surface area contributed by atoms with Crippen LogP contribution >= 0.6 is 11.3 Å². The summed E-state index contributed by atoms with van der Waals surface area (Å²) in [6.45, 7) is 0.824. The fourth-order valence-corrected chi connectivity index (χ4v) is 2.44. The zero-order chi connectivity index (χ0) is 12.2. The zero-order valence-electron chi connectivity index (χ0n) is 9.76. The first-order chi connectivity index (χ1) is 8.92. The summed E-state index contributed by atoms with van der Waals surface area (Å²) < 4.78 is 0. The Bertz CT molecular complexity index is 600. The van der Waals surface area contributed by atoms with E-state index in [9.17, 15) is 0 Å². The van der Waals surface area contributed by atoms with Gasteiger partial charge < -0.3 is 10.3 Å². The number of nitrogens with zero attached hydrogens (tertiary/aromatic N) is 1. The number of H-pyrrole nitrogens is 1. The summed E-state index contributed by atoms with van der Waals surface area (Å²) in [7, 11) is 0. The van der Waals surface area contributed by atoms with E-state index in [4.69, 9.17) is 0 Å². The fourth-order valence-electron chi connectivity index (χ4n) is 1.80. The van der Waals surface area contributed by atoms with Crippen molar-refractivity contribution in [2.75, 3.05) is 5.32 Å². The minimum atomic E-state index is 0.824. The molecule has 1 aromatic carbocycles. The number of aromatic amines is 1. The van der Waals surface area contributed by atoms with Crippen LogP contribution in [-0.4, -0.2) is 9.97 Å². The number of benzene rings is 1. The number of thiazole rings is 1. The number of hydrogen-bond donors (Lipinski definition) is 2. The third-order valence-electron chi connectivity index (χ3n) is 2.70. The number of nitrogens with one attached hydrogen (secondary N) is 2. The second-order valence-electron chi connectivity index (χ2n) is 3.99. The topological polar surface area (TPSA) is 40.7 Å². The third-order valence-corrected chi connectivity index (χ3v) is 3.52. The van der Waals surface area contributed by atoms with Gasteiger partial charge in [-0.05, 0) is 23.8 Å². The van der Waals surface area contributed by atoms with Gasteiger partial charge in [0.2, 0.25) is 0 Å². The van der Waals surface area contributed by atoms with Gasteiger partial charge in [-0.2, -0.15) is 0 Å². The fraction of sp³-hybridized carbons (Fsp3) is 0.0714. The highest BCUT2D eigenvalue weighted by Crippen LogP contribution is 2.24. The summed E-state index contributed by atoms with van der Waals surface area (Å²) in [5.74, 6) is 0. The summed E-state index contributed by atoms with van der Waals surface area (Å²) in [5, 5.41) is 6.46. The molecule has 0 unspecified atom stereocenters. The van der Waals surface area contributed by atoms with Crippen LogP contribution in [0.5, 0.6) is 0 Å². The molecule has 0 aliphatic carbocycles. The Kier molecular flexibility index (Phi) is 3.10. The van der Waals surface area contributed by atoms with E-state index in [1.54, 1.807) is 11.3 Å². The van der Waals surface area contributed by atoms with Gasteiger partial charge in [0, 0.05) is 41.8 Å². The van der Waals surface area contributed by atoms with Gasteiger partial charge in [0.05, 0.1) is 0 Å². The van der Waals surface area contributed by atoms with Crippen molar-refractivity contribution in [3.8, 4) is 10.6 Å². The second kappa shape index (κ2) is 5.06. The van der Waals surface area contributed by atoms with E-state index >= 15 is 0 Å². The molecule has 0 radical (unpaired) electrons. The summed E-state index contributed by atoms with van der Waals surface area (Å²) in [6.07, 6.45) is 5.76. The van der Waals surface area contributed by atoms with Crippen molar-refractivity contribution in [3.63, 3.8) is 0 Å². The summed E-state index contributed by atoms with van der Waals surface area (Å²) in [6, 6.07) is 10.4. The van der Waals surface area contributed by atoms with E-state index in [1.165, 1.54) is 5.56 Å². The van der Waals surface area contributed by atoms with Gasteiger partial charge in [-0.15, -0.1) is 11.3 Å². The van der Waals surface area contributed by atoms with Crippen molar-refractivity contribution in [2.24, 2.45) is 0 Å². The molecule has 0 bridgehead atoms. The Balaban J connectivity index is 1.75. The highest BCUT2D eigenvalue weighted by molar-refractivity contribution is 7.13. The van der Waals surface area contributed by atoms with E-state index in [-0.39, 0.29) is 0 Å². The molecule has 2 N–H and O–H groups in total. The average Bonchev–Trinajstić information content (AvgIpc) is 3.10. The minimum absolute atomic E-state index is 0.824. The van der Waals surface area contributed by atoms with Gasteiger partial charge in [0.15, 0.2) is 0 Å².